The molecular weight excluding hydrogens is 344 g/mol. The van der Waals surface area contributed by atoms with Gasteiger partial charge in [-0.1, -0.05) is 6.07 Å². The van der Waals surface area contributed by atoms with Gasteiger partial charge in [-0.2, -0.15) is 10.4 Å². The zero-order chi connectivity index (χ0) is 18.9. The van der Waals surface area contributed by atoms with Crippen molar-refractivity contribution in [2.75, 3.05) is 31.9 Å². The van der Waals surface area contributed by atoms with Gasteiger partial charge in [0, 0.05) is 25.2 Å². The number of anilines is 1. The molecule has 2 aromatic rings. The first-order valence-electron chi connectivity index (χ1n) is 9.09. The minimum Gasteiger partial charge on any atom is -0.454 e. The van der Waals surface area contributed by atoms with Crippen LogP contribution in [0.1, 0.15) is 35.2 Å². The number of nitrogens with zero attached hydrogens (tertiary/aromatic N) is 3. The summed E-state index contributed by atoms with van der Waals surface area (Å²) in [6.07, 6.45) is 1.75. The molecule has 7 nitrogen and oxygen atoms in total. The highest BCUT2D eigenvalue weighted by atomic mass is 16.7. The van der Waals surface area contributed by atoms with E-state index in [0.29, 0.717) is 31.1 Å². The Labute approximate surface area is 158 Å². The van der Waals surface area contributed by atoms with Crippen molar-refractivity contribution in [3.63, 3.8) is 0 Å². The van der Waals surface area contributed by atoms with Crippen molar-refractivity contribution in [3.05, 3.63) is 40.6 Å². The summed E-state index contributed by atoms with van der Waals surface area (Å²) in [6.45, 7) is 6.05. The molecule has 1 aromatic heterocycles. The van der Waals surface area contributed by atoms with Crippen LogP contribution in [0.25, 0.3) is 0 Å². The van der Waals surface area contributed by atoms with Crippen LogP contribution in [0.4, 0.5) is 5.82 Å². The van der Waals surface area contributed by atoms with Gasteiger partial charge in [0.25, 0.3) is 0 Å². The Morgan fingerprint density at radius 1 is 1.15 bits per heavy atom. The van der Waals surface area contributed by atoms with Gasteiger partial charge in [0.1, 0.15) is 11.6 Å². The third-order valence-electron chi connectivity index (χ3n) is 5.60. The van der Waals surface area contributed by atoms with Gasteiger partial charge in [-0.15, -0.1) is 5.10 Å². The lowest BCUT2D eigenvalue weighted by Gasteiger charge is -2.38. The van der Waals surface area contributed by atoms with Crippen LogP contribution >= 0.6 is 0 Å². The molecule has 7 heteroatoms. The topological polar surface area (TPSA) is 89.3 Å². The lowest BCUT2D eigenvalue weighted by Crippen LogP contribution is -2.40. The van der Waals surface area contributed by atoms with E-state index >= 15 is 0 Å². The highest BCUT2D eigenvalue weighted by Crippen LogP contribution is 2.41. The van der Waals surface area contributed by atoms with Crippen LogP contribution in [0.15, 0.2) is 18.2 Å². The van der Waals surface area contributed by atoms with E-state index in [0.717, 1.165) is 35.6 Å². The van der Waals surface area contributed by atoms with E-state index < -0.39 is 0 Å². The normalized spacial score (nSPS) is 17.4. The molecule has 1 fully saturated rings. The van der Waals surface area contributed by atoms with E-state index in [2.05, 4.69) is 33.7 Å². The number of fused-ring (bicyclic) bond motifs is 1. The second kappa shape index (κ2) is 7.05. The van der Waals surface area contributed by atoms with Gasteiger partial charge in [-0.25, -0.2) is 0 Å². The maximum atomic E-state index is 9.54. The van der Waals surface area contributed by atoms with Crippen LogP contribution in [-0.4, -0.2) is 36.7 Å². The van der Waals surface area contributed by atoms with Crippen molar-refractivity contribution in [1.29, 1.82) is 5.26 Å². The van der Waals surface area contributed by atoms with E-state index in [-0.39, 0.29) is 12.2 Å². The summed E-state index contributed by atoms with van der Waals surface area (Å²) in [6, 6.07) is 8.37. The molecule has 1 N–H and O–H groups in total. The van der Waals surface area contributed by atoms with Crippen LogP contribution in [0.5, 0.6) is 11.5 Å². The molecule has 2 aliphatic heterocycles. The van der Waals surface area contributed by atoms with Crippen LogP contribution in [0.3, 0.4) is 0 Å². The predicted octanol–water partition coefficient (Wildman–Crippen LogP) is 2.85. The van der Waals surface area contributed by atoms with E-state index in [9.17, 15) is 5.26 Å². The number of nitrogens with one attached hydrogen (secondary N) is 1. The largest absolute Gasteiger partial charge is 0.454 e. The summed E-state index contributed by atoms with van der Waals surface area (Å²) in [5.74, 6) is 2.09. The van der Waals surface area contributed by atoms with Crippen LogP contribution in [0.2, 0.25) is 0 Å². The molecular formula is C20H22N4O3. The fourth-order valence-electron chi connectivity index (χ4n) is 3.68. The lowest BCUT2D eigenvalue weighted by atomic mass is 9.74. The molecule has 0 aliphatic carbocycles. The molecule has 0 bridgehead atoms. The summed E-state index contributed by atoms with van der Waals surface area (Å²) < 4.78 is 16.6. The summed E-state index contributed by atoms with van der Waals surface area (Å²) in [5, 5.41) is 21.3. The third kappa shape index (κ3) is 3.17. The van der Waals surface area contributed by atoms with E-state index in [1.807, 2.05) is 19.9 Å². The van der Waals surface area contributed by atoms with Crippen molar-refractivity contribution >= 4 is 5.82 Å². The van der Waals surface area contributed by atoms with Crippen molar-refractivity contribution in [1.82, 2.24) is 10.2 Å². The molecule has 4 rings (SSSR count). The first kappa shape index (κ1) is 17.6. The predicted molar refractivity (Wildman–Crippen MR) is 99.0 cm³/mol. The van der Waals surface area contributed by atoms with Gasteiger partial charge >= 0.3 is 0 Å². The monoisotopic (exact) mass is 366 g/mol. The fraction of sp³-hybridized carbons (Fsp3) is 0.450. The van der Waals surface area contributed by atoms with E-state index in [1.54, 1.807) is 0 Å². The Bertz CT molecular complexity index is 901. The number of aryl methyl sites for hydroxylation is 1. The van der Waals surface area contributed by atoms with Crippen molar-refractivity contribution in [3.8, 4) is 17.6 Å². The van der Waals surface area contributed by atoms with Crippen LogP contribution < -0.4 is 14.8 Å². The lowest BCUT2D eigenvalue weighted by molar-refractivity contribution is 0.0543. The number of hydrogen-bond acceptors (Lipinski definition) is 7. The molecule has 0 unspecified atom stereocenters. The Morgan fingerprint density at radius 2 is 1.93 bits per heavy atom. The molecule has 0 spiro atoms. The maximum absolute atomic E-state index is 9.54. The highest BCUT2D eigenvalue weighted by Gasteiger charge is 2.36. The summed E-state index contributed by atoms with van der Waals surface area (Å²) in [7, 11) is 0. The smallest absolute Gasteiger partial charge is 0.231 e. The second-order valence-corrected chi connectivity index (χ2v) is 7.06. The molecule has 27 heavy (non-hydrogen) atoms. The van der Waals surface area contributed by atoms with Crippen molar-refractivity contribution in [2.24, 2.45) is 0 Å². The Hall–Kier alpha value is -2.85. The van der Waals surface area contributed by atoms with Gasteiger partial charge in [0.15, 0.2) is 17.3 Å². The number of ether oxygens (including phenoxy) is 3. The molecule has 0 atom stereocenters. The SMILES string of the molecule is Cc1nnc(NCC2(c3ccc4c(c3)OCO4)CCOCC2)c(C#N)c1C. The van der Waals surface area contributed by atoms with Gasteiger partial charge in [0.2, 0.25) is 6.79 Å². The standard InChI is InChI=1S/C20H22N4O3/c1-13-14(2)23-24-19(16(13)10-21)22-11-20(5-7-25-8-6-20)15-3-4-17-18(9-15)27-12-26-17/h3-4,9H,5-8,11-12H2,1-2H3,(H,22,24). The maximum Gasteiger partial charge on any atom is 0.231 e. The molecule has 3 heterocycles. The average molecular weight is 366 g/mol. The van der Waals surface area contributed by atoms with Crippen molar-refractivity contribution < 1.29 is 14.2 Å². The Balaban J connectivity index is 1.64. The van der Waals surface area contributed by atoms with Gasteiger partial charge in [0.05, 0.1) is 5.69 Å². The third-order valence-corrected chi connectivity index (χ3v) is 5.60. The molecule has 1 aromatic carbocycles. The minimum atomic E-state index is -0.133. The van der Waals surface area contributed by atoms with Crippen LogP contribution in [-0.2, 0) is 10.2 Å². The number of nitriles is 1. The number of hydrogen-bond donors (Lipinski definition) is 1. The molecule has 0 saturated carbocycles. The first-order valence-corrected chi connectivity index (χ1v) is 9.09. The summed E-state index contributed by atoms with van der Waals surface area (Å²) >= 11 is 0. The molecule has 0 radical (unpaired) electrons. The molecule has 0 amide bonds. The van der Waals surface area contributed by atoms with Crippen LogP contribution in [0, 0.1) is 25.2 Å². The second-order valence-electron chi connectivity index (χ2n) is 7.06. The Kier molecular flexibility index (Phi) is 4.58. The Morgan fingerprint density at radius 3 is 2.70 bits per heavy atom. The number of aromatic nitrogens is 2. The summed E-state index contributed by atoms with van der Waals surface area (Å²) in [5.41, 5.74) is 3.23. The fourth-order valence-corrected chi connectivity index (χ4v) is 3.68. The summed E-state index contributed by atoms with van der Waals surface area (Å²) in [4.78, 5) is 0. The number of benzene rings is 1. The number of rotatable bonds is 4. The zero-order valence-electron chi connectivity index (χ0n) is 15.5. The quantitative estimate of drug-likeness (QED) is 0.890. The highest BCUT2D eigenvalue weighted by molar-refractivity contribution is 5.56. The minimum absolute atomic E-state index is 0.133. The van der Waals surface area contributed by atoms with E-state index in [4.69, 9.17) is 14.2 Å². The van der Waals surface area contributed by atoms with Gasteiger partial charge < -0.3 is 19.5 Å². The van der Waals surface area contributed by atoms with E-state index in [1.165, 1.54) is 5.56 Å². The van der Waals surface area contributed by atoms with Gasteiger partial charge in [-0.3, -0.25) is 0 Å². The molecule has 140 valence electrons. The molecule has 1 saturated heterocycles. The van der Waals surface area contributed by atoms with Gasteiger partial charge in [-0.05, 0) is 49.9 Å². The first-order chi connectivity index (χ1) is 13.1. The average Bonchev–Trinajstić information content (AvgIpc) is 3.17. The molecule has 2 aliphatic rings. The van der Waals surface area contributed by atoms with Crippen molar-refractivity contribution in [2.45, 2.75) is 32.1 Å². The zero-order valence-corrected chi connectivity index (χ0v) is 15.5.